The number of nitrogens with zero attached hydrogens (tertiary/aromatic N) is 2. The summed E-state index contributed by atoms with van der Waals surface area (Å²) >= 11 is 15.5. The molecule has 0 radical (unpaired) electrons. The van der Waals surface area contributed by atoms with Gasteiger partial charge in [-0.25, -0.2) is 9.97 Å². The van der Waals surface area contributed by atoms with Gasteiger partial charge < -0.3 is 0 Å². The van der Waals surface area contributed by atoms with Gasteiger partial charge in [0.25, 0.3) is 0 Å². The van der Waals surface area contributed by atoms with Gasteiger partial charge in [-0.05, 0) is 34.0 Å². The summed E-state index contributed by atoms with van der Waals surface area (Å²) in [5.41, 5.74) is 0. The van der Waals surface area contributed by atoms with Crippen LogP contribution in [0.25, 0.3) is 0 Å². The van der Waals surface area contributed by atoms with E-state index in [1.165, 1.54) is 4.88 Å². The molecule has 0 fully saturated rings. The Hall–Kier alpha value is 0.0900. The minimum absolute atomic E-state index is 0.419. The zero-order chi connectivity index (χ0) is 10.8. The number of rotatable bonds is 2. The van der Waals surface area contributed by atoms with E-state index in [0.717, 1.165) is 0 Å². The van der Waals surface area contributed by atoms with Crippen LogP contribution >= 0.6 is 57.1 Å². The summed E-state index contributed by atoms with van der Waals surface area (Å²) in [4.78, 5) is 9.55. The van der Waals surface area contributed by atoms with Crippen LogP contribution in [0.2, 0.25) is 10.3 Å². The molecule has 2 aromatic rings. The molecule has 0 saturated heterocycles. The van der Waals surface area contributed by atoms with Gasteiger partial charge in [0.2, 0.25) is 0 Å². The van der Waals surface area contributed by atoms with Gasteiger partial charge in [0, 0.05) is 11.3 Å². The average molecular weight is 371 g/mol. The summed E-state index contributed by atoms with van der Waals surface area (Å²) in [5.74, 6) is 0.660. The second kappa shape index (κ2) is 4.95. The van der Waals surface area contributed by atoms with Gasteiger partial charge in [-0.15, -0.1) is 11.3 Å². The SMILES string of the molecule is Clc1nc(Cc2cccs2)nc(Cl)c1I. The highest BCUT2D eigenvalue weighted by Gasteiger charge is 2.09. The quantitative estimate of drug-likeness (QED) is 0.589. The number of thiophene rings is 1. The average Bonchev–Trinajstić information content (AvgIpc) is 2.66. The minimum Gasteiger partial charge on any atom is -0.220 e. The van der Waals surface area contributed by atoms with E-state index < -0.39 is 0 Å². The Bertz CT molecular complexity index is 450. The molecular weight excluding hydrogens is 366 g/mol. The van der Waals surface area contributed by atoms with Crippen molar-refractivity contribution in [1.82, 2.24) is 9.97 Å². The Kier molecular flexibility index (Phi) is 3.82. The molecule has 0 unspecified atom stereocenters. The molecule has 0 aliphatic carbocycles. The second-order valence-corrected chi connectivity index (χ2v) is 5.62. The summed E-state index contributed by atoms with van der Waals surface area (Å²) in [6, 6.07) is 4.03. The van der Waals surface area contributed by atoms with Gasteiger partial charge in [-0.1, -0.05) is 29.3 Å². The first kappa shape index (κ1) is 11.6. The molecule has 0 N–H and O–H groups in total. The number of hydrogen-bond donors (Lipinski definition) is 0. The third-order valence-corrected chi connectivity index (χ3v) is 4.81. The molecular formula is C9H5Cl2IN2S. The molecule has 0 aliphatic heterocycles. The Morgan fingerprint density at radius 3 is 2.47 bits per heavy atom. The second-order valence-electron chi connectivity index (χ2n) is 2.79. The van der Waals surface area contributed by atoms with E-state index in [9.17, 15) is 0 Å². The largest absolute Gasteiger partial charge is 0.220 e. The van der Waals surface area contributed by atoms with Gasteiger partial charge in [0.05, 0.1) is 3.57 Å². The maximum absolute atomic E-state index is 5.92. The molecule has 2 nitrogen and oxygen atoms in total. The summed E-state index contributed by atoms with van der Waals surface area (Å²) in [6.07, 6.45) is 0.675. The van der Waals surface area contributed by atoms with E-state index in [1.807, 2.05) is 40.1 Å². The standard InChI is InChI=1S/C9H5Cl2IN2S/c10-8-7(12)9(11)14-6(13-8)4-5-2-1-3-15-5/h1-3H,4H2. The zero-order valence-electron chi connectivity index (χ0n) is 7.38. The Morgan fingerprint density at radius 1 is 1.27 bits per heavy atom. The molecule has 0 atom stereocenters. The molecule has 6 heteroatoms. The van der Waals surface area contributed by atoms with Crippen LogP contribution in [0.15, 0.2) is 17.5 Å². The van der Waals surface area contributed by atoms with E-state index in [-0.39, 0.29) is 0 Å². The van der Waals surface area contributed by atoms with Crippen molar-refractivity contribution in [3.8, 4) is 0 Å². The third kappa shape index (κ3) is 2.81. The fourth-order valence-electron chi connectivity index (χ4n) is 1.08. The van der Waals surface area contributed by atoms with Gasteiger partial charge in [-0.2, -0.15) is 0 Å². The van der Waals surface area contributed by atoms with Crippen molar-refractivity contribution in [2.24, 2.45) is 0 Å². The van der Waals surface area contributed by atoms with Gasteiger partial charge in [0.15, 0.2) is 0 Å². The first-order valence-electron chi connectivity index (χ1n) is 4.06. The van der Waals surface area contributed by atoms with Gasteiger partial charge in [0.1, 0.15) is 16.1 Å². The molecule has 0 spiro atoms. The lowest BCUT2D eigenvalue weighted by Gasteiger charge is -2.02. The lowest BCUT2D eigenvalue weighted by molar-refractivity contribution is 0.974. The molecule has 0 aliphatic rings. The Labute approximate surface area is 115 Å². The Balaban J connectivity index is 2.30. The van der Waals surface area contributed by atoms with Gasteiger partial charge in [-0.3, -0.25) is 0 Å². The van der Waals surface area contributed by atoms with Crippen LogP contribution in [-0.2, 0) is 6.42 Å². The smallest absolute Gasteiger partial charge is 0.147 e. The van der Waals surface area contributed by atoms with Crippen molar-refractivity contribution in [1.29, 1.82) is 0 Å². The molecule has 78 valence electrons. The number of aromatic nitrogens is 2. The molecule has 0 aromatic carbocycles. The molecule has 2 aromatic heterocycles. The zero-order valence-corrected chi connectivity index (χ0v) is 11.9. The van der Waals surface area contributed by atoms with Crippen LogP contribution in [0.1, 0.15) is 10.7 Å². The molecule has 0 saturated carbocycles. The van der Waals surface area contributed by atoms with Crippen LogP contribution < -0.4 is 0 Å². The summed E-state index contributed by atoms with van der Waals surface area (Å²) in [6.45, 7) is 0. The monoisotopic (exact) mass is 370 g/mol. The van der Waals surface area contributed by atoms with E-state index >= 15 is 0 Å². The third-order valence-electron chi connectivity index (χ3n) is 1.73. The Morgan fingerprint density at radius 2 is 1.93 bits per heavy atom. The fourth-order valence-corrected chi connectivity index (χ4v) is 2.45. The van der Waals surface area contributed by atoms with E-state index in [1.54, 1.807) is 11.3 Å². The predicted octanol–water partition coefficient (Wildman–Crippen LogP) is 4.04. The topological polar surface area (TPSA) is 25.8 Å². The van der Waals surface area contributed by atoms with Crippen molar-refractivity contribution < 1.29 is 0 Å². The lowest BCUT2D eigenvalue weighted by atomic mass is 10.3. The van der Waals surface area contributed by atoms with Crippen molar-refractivity contribution in [3.63, 3.8) is 0 Å². The summed E-state index contributed by atoms with van der Waals surface area (Å²) in [7, 11) is 0. The van der Waals surface area contributed by atoms with Crippen LogP contribution in [0, 0.1) is 3.57 Å². The number of halogens is 3. The van der Waals surface area contributed by atoms with E-state index in [4.69, 9.17) is 23.2 Å². The summed E-state index contributed by atoms with van der Waals surface area (Å²) in [5, 5.41) is 2.86. The first-order valence-corrected chi connectivity index (χ1v) is 6.78. The van der Waals surface area contributed by atoms with Crippen LogP contribution in [0.3, 0.4) is 0 Å². The highest BCUT2D eigenvalue weighted by molar-refractivity contribution is 14.1. The number of hydrogen-bond acceptors (Lipinski definition) is 3. The predicted molar refractivity (Wildman–Crippen MR) is 71.9 cm³/mol. The normalized spacial score (nSPS) is 10.6. The molecule has 15 heavy (non-hydrogen) atoms. The first-order chi connectivity index (χ1) is 7.16. The van der Waals surface area contributed by atoms with Crippen molar-refractivity contribution in [2.75, 3.05) is 0 Å². The van der Waals surface area contributed by atoms with Gasteiger partial charge >= 0.3 is 0 Å². The van der Waals surface area contributed by atoms with Crippen molar-refractivity contribution >= 4 is 57.1 Å². The maximum atomic E-state index is 5.92. The van der Waals surface area contributed by atoms with Crippen LogP contribution in [-0.4, -0.2) is 9.97 Å². The fraction of sp³-hybridized carbons (Fsp3) is 0.111. The minimum atomic E-state index is 0.419. The molecule has 0 bridgehead atoms. The lowest BCUT2D eigenvalue weighted by Crippen LogP contribution is -1.98. The molecule has 2 rings (SSSR count). The highest BCUT2D eigenvalue weighted by Crippen LogP contribution is 2.24. The summed E-state index contributed by atoms with van der Waals surface area (Å²) < 4.78 is 0.700. The highest BCUT2D eigenvalue weighted by atomic mass is 127. The molecule has 0 amide bonds. The van der Waals surface area contributed by atoms with E-state index in [0.29, 0.717) is 26.1 Å². The molecule has 2 heterocycles. The van der Waals surface area contributed by atoms with E-state index in [2.05, 4.69) is 9.97 Å². The van der Waals surface area contributed by atoms with Crippen molar-refractivity contribution in [3.05, 3.63) is 42.1 Å². The van der Waals surface area contributed by atoms with Crippen LogP contribution in [0.4, 0.5) is 0 Å². The van der Waals surface area contributed by atoms with Crippen molar-refractivity contribution in [2.45, 2.75) is 6.42 Å². The maximum Gasteiger partial charge on any atom is 0.147 e. The van der Waals surface area contributed by atoms with Crippen LogP contribution in [0.5, 0.6) is 0 Å².